The number of amides is 4. The van der Waals surface area contributed by atoms with Crippen molar-refractivity contribution in [3.8, 4) is 0 Å². The lowest BCUT2D eigenvalue weighted by atomic mass is 10.1. The third-order valence-corrected chi connectivity index (χ3v) is 2.22. The minimum Gasteiger partial charge on any atom is -0.268 e. The van der Waals surface area contributed by atoms with Gasteiger partial charge in [0.1, 0.15) is 0 Å². The zero-order chi connectivity index (χ0) is 12.4. The molecule has 2 rings (SSSR count). The van der Waals surface area contributed by atoms with Gasteiger partial charge in [-0.1, -0.05) is 24.8 Å². The molecule has 0 radical (unpaired) electrons. The SMILES string of the molecule is C=C1C=NC(=O)N(C(=O)c2ccccc2)C1=O. The van der Waals surface area contributed by atoms with Crippen molar-refractivity contribution < 1.29 is 14.4 Å². The average Bonchev–Trinajstić information content (AvgIpc) is 2.35. The van der Waals surface area contributed by atoms with Crippen molar-refractivity contribution in [1.29, 1.82) is 0 Å². The highest BCUT2D eigenvalue weighted by molar-refractivity contribution is 6.29. The van der Waals surface area contributed by atoms with E-state index in [9.17, 15) is 14.4 Å². The molecule has 0 spiro atoms. The van der Waals surface area contributed by atoms with Gasteiger partial charge in [0.25, 0.3) is 11.8 Å². The van der Waals surface area contributed by atoms with E-state index in [2.05, 4.69) is 11.6 Å². The molecule has 5 nitrogen and oxygen atoms in total. The van der Waals surface area contributed by atoms with E-state index >= 15 is 0 Å². The minimum atomic E-state index is -0.892. The van der Waals surface area contributed by atoms with E-state index in [-0.39, 0.29) is 11.1 Å². The van der Waals surface area contributed by atoms with Crippen LogP contribution in [-0.4, -0.2) is 29.0 Å². The van der Waals surface area contributed by atoms with Crippen LogP contribution in [0.5, 0.6) is 0 Å². The van der Waals surface area contributed by atoms with Crippen LogP contribution >= 0.6 is 0 Å². The van der Waals surface area contributed by atoms with Gasteiger partial charge in [0.2, 0.25) is 0 Å². The van der Waals surface area contributed by atoms with E-state index < -0.39 is 17.8 Å². The van der Waals surface area contributed by atoms with Crippen molar-refractivity contribution in [2.24, 2.45) is 4.99 Å². The number of aliphatic imine (C=N–C) groups is 1. The van der Waals surface area contributed by atoms with Crippen LogP contribution in [0.3, 0.4) is 0 Å². The molecular weight excluding hydrogens is 220 g/mol. The van der Waals surface area contributed by atoms with E-state index in [0.717, 1.165) is 6.21 Å². The zero-order valence-electron chi connectivity index (χ0n) is 8.79. The minimum absolute atomic E-state index is 0.00822. The first-order valence-electron chi connectivity index (χ1n) is 4.82. The fourth-order valence-electron chi connectivity index (χ4n) is 1.37. The summed E-state index contributed by atoms with van der Waals surface area (Å²) in [5.74, 6) is -1.43. The molecule has 0 aliphatic carbocycles. The number of benzene rings is 1. The van der Waals surface area contributed by atoms with Crippen molar-refractivity contribution in [1.82, 2.24) is 4.90 Å². The highest BCUT2D eigenvalue weighted by atomic mass is 16.2. The molecule has 0 bridgehead atoms. The predicted molar refractivity (Wildman–Crippen MR) is 60.6 cm³/mol. The Kier molecular flexibility index (Phi) is 2.66. The summed E-state index contributed by atoms with van der Waals surface area (Å²) in [6.45, 7) is 3.41. The molecule has 1 heterocycles. The summed E-state index contributed by atoms with van der Waals surface area (Å²) in [5.41, 5.74) is 0.257. The second kappa shape index (κ2) is 4.13. The first-order chi connectivity index (χ1) is 8.11. The molecule has 0 saturated heterocycles. The Balaban J connectivity index is 2.38. The van der Waals surface area contributed by atoms with E-state index in [1.807, 2.05) is 0 Å². The average molecular weight is 228 g/mol. The van der Waals surface area contributed by atoms with Gasteiger partial charge in [0, 0.05) is 11.8 Å². The largest absolute Gasteiger partial charge is 0.357 e. The number of rotatable bonds is 1. The fourth-order valence-corrected chi connectivity index (χ4v) is 1.37. The molecule has 5 heteroatoms. The summed E-state index contributed by atoms with van der Waals surface area (Å²) < 4.78 is 0. The molecule has 0 N–H and O–H groups in total. The van der Waals surface area contributed by atoms with Gasteiger partial charge in [0.15, 0.2) is 0 Å². The Labute approximate surface area is 97.1 Å². The van der Waals surface area contributed by atoms with Crippen LogP contribution < -0.4 is 0 Å². The van der Waals surface area contributed by atoms with E-state index in [4.69, 9.17) is 0 Å². The molecule has 17 heavy (non-hydrogen) atoms. The molecule has 0 aromatic heterocycles. The summed E-state index contributed by atoms with van der Waals surface area (Å²) >= 11 is 0. The van der Waals surface area contributed by atoms with Gasteiger partial charge < -0.3 is 0 Å². The maximum atomic E-state index is 11.9. The smallest absolute Gasteiger partial charge is 0.268 e. The zero-order valence-corrected chi connectivity index (χ0v) is 8.79. The van der Waals surface area contributed by atoms with Crippen molar-refractivity contribution in [2.45, 2.75) is 0 Å². The normalized spacial score (nSPS) is 15.3. The number of carbonyl (C=O) groups is 3. The lowest BCUT2D eigenvalue weighted by Gasteiger charge is -2.19. The van der Waals surface area contributed by atoms with Crippen LogP contribution in [0.4, 0.5) is 4.79 Å². The Bertz CT molecular complexity index is 546. The number of hydrogen-bond acceptors (Lipinski definition) is 3. The lowest BCUT2D eigenvalue weighted by Crippen LogP contribution is -2.43. The van der Waals surface area contributed by atoms with Gasteiger partial charge in [-0.25, -0.2) is 9.79 Å². The highest BCUT2D eigenvalue weighted by Crippen LogP contribution is 2.12. The van der Waals surface area contributed by atoms with Crippen LogP contribution in [0, 0.1) is 0 Å². The second-order valence-corrected chi connectivity index (χ2v) is 3.38. The number of hydrogen-bond donors (Lipinski definition) is 0. The quantitative estimate of drug-likeness (QED) is 0.539. The molecule has 1 aliphatic heterocycles. The van der Waals surface area contributed by atoms with Crippen molar-refractivity contribution in [2.75, 3.05) is 0 Å². The number of urea groups is 1. The van der Waals surface area contributed by atoms with Crippen LogP contribution in [0.1, 0.15) is 10.4 Å². The van der Waals surface area contributed by atoms with E-state index in [1.54, 1.807) is 18.2 Å². The Morgan fingerprint density at radius 3 is 2.47 bits per heavy atom. The number of imide groups is 3. The monoisotopic (exact) mass is 228 g/mol. The topological polar surface area (TPSA) is 66.8 Å². The van der Waals surface area contributed by atoms with Gasteiger partial charge in [-0.05, 0) is 12.1 Å². The van der Waals surface area contributed by atoms with Crippen LogP contribution in [0.2, 0.25) is 0 Å². The van der Waals surface area contributed by atoms with Crippen LogP contribution in [0.15, 0.2) is 47.5 Å². The summed E-state index contributed by atoms with van der Waals surface area (Å²) in [4.78, 5) is 38.9. The van der Waals surface area contributed by atoms with Crippen molar-refractivity contribution >= 4 is 24.1 Å². The van der Waals surface area contributed by atoms with Gasteiger partial charge in [-0.2, -0.15) is 4.90 Å². The highest BCUT2D eigenvalue weighted by Gasteiger charge is 2.32. The second-order valence-electron chi connectivity index (χ2n) is 3.38. The standard InChI is InChI=1S/C12H8N2O3/c1-8-7-13-12(17)14(10(8)15)11(16)9-5-3-2-4-6-9/h2-7H,1H2. The molecule has 4 amide bonds. The van der Waals surface area contributed by atoms with E-state index in [1.165, 1.54) is 12.1 Å². The van der Waals surface area contributed by atoms with E-state index in [0.29, 0.717) is 4.90 Å². The van der Waals surface area contributed by atoms with Gasteiger partial charge in [-0.15, -0.1) is 0 Å². The maximum Gasteiger partial charge on any atom is 0.357 e. The molecule has 1 aromatic carbocycles. The van der Waals surface area contributed by atoms with Gasteiger partial charge in [-0.3, -0.25) is 9.59 Å². The lowest BCUT2D eigenvalue weighted by molar-refractivity contribution is -0.121. The molecular formula is C12H8N2O3. The third-order valence-electron chi connectivity index (χ3n) is 2.22. The Hall–Kier alpha value is -2.56. The molecule has 84 valence electrons. The number of nitrogens with zero attached hydrogens (tertiary/aromatic N) is 2. The Morgan fingerprint density at radius 1 is 1.18 bits per heavy atom. The molecule has 0 fully saturated rings. The fraction of sp³-hybridized carbons (Fsp3) is 0. The molecule has 0 atom stereocenters. The molecule has 1 aromatic rings. The van der Waals surface area contributed by atoms with Gasteiger partial charge in [0.05, 0.1) is 5.57 Å². The van der Waals surface area contributed by atoms with Crippen molar-refractivity contribution in [3.05, 3.63) is 48.0 Å². The van der Waals surface area contributed by atoms with Crippen LogP contribution in [-0.2, 0) is 4.79 Å². The summed E-state index contributed by atoms with van der Waals surface area (Å²) in [6, 6.07) is 7.16. The summed E-state index contributed by atoms with van der Waals surface area (Å²) in [7, 11) is 0. The summed E-state index contributed by atoms with van der Waals surface area (Å²) in [5, 5.41) is 0. The molecule has 0 saturated carbocycles. The van der Waals surface area contributed by atoms with Gasteiger partial charge >= 0.3 is 6.03 Å². The third kappa shape index (κ3) is 1.90. The predicted octanol–water partition coefficient (Wildman–Crippen LogP) is 1.42. The number of carbonyl (C=O) groups excluding carboxylic acids is 3. The maximum absolute atomic E-state index is 11.9. The molecule has 0 unspecified atom stereocenters. The first-order valence-corrected chi connectivity index (χ1v) is 4.82. The van der Waals surface area contributed by atoms with Crippen molar-refractivity contribution in [3.63, 3.8) is 0 Å². The molecule has 1 aliphatic rings. The Morgan fingerprint density at radius 2 is 1.82 bits per heavy atom. The first kappa shape index (κ1) is 10.9. The summed E-state index contributed by atoms with van der Waals surface area (Å²) in [6.07, 6.45) is 1.06. The van der Waals surface area contributed by atoms with Crippen LogP contribution in [0.25, 0.3) is 0 Å².